The second kappa shape index (κ2) is 13.0. The van der Waals surface area contributed by atoms with Gasteiger partial charge in [-0.15, -0.1) is 0 Å². The van der Waals surface area contributed by atoms with Crippen molar-refractivity contribution in [2.45, 2.75) is 58.1 Å². The molecule has 0 fully saturated rings. The normalized spacial score (nSPS) is 16.3. The monoisotopic (exact) mass is 573 g/mol. The number of hydrogen-bond donors (Lipinski definition) is 3. The average molecular weight is 574 g/mol. The predicted molar refractivity (Wildman–Crippen MR) is 158 cm³/mol. The molecule has 2 heterocycles. The maximum atomic E-state index is 14.3. The molecule has 3 N–H and O–H groups in total. The van der Waals surface area contributed by atoms with Crippen molar-refractivity contribution in [2.75, 3.05) is 11.4 Å². The smallest absolute Gasteiger partial charge is 0.276 e. The van der Waals surface area contributed by atoms with Crippen LogP contribution in [0.1, 0.15) is 56.8 Å². The Bertz CT molecular complexity index is 1450. The van der Waals surface area contributed by atoms with E-state index in [-0.39, 0.29) is 29.9 Å². The van der Waals surface area contributed by atoms with Gasteiger partial charge in [0, 0.05) is 30.2 Å². The van der Waals surface area contributed by atoms with Gasteiger partial charge in [0.2, 0.25) is 11.8 Å². The standard InChI is InChI=1S/C32H36FN5O4/c1-20(39)17-26-27(36-37-29(26)40)31(42)38(25-12-10-23(11-13-25)32(2,3)4)28(22-8-6-15-34-19-22)30(41)35-16-14-21-7-5-9-24(33)18-21/h5-13,15,18-20,26,28,39H,14,16-17H2,1-4H3,(H,35,41)(H,37,40). The molecule has 4 rings (SSSR count). The lowest BCUT2D eigenvalue weighted by atomic mass is 9.87. The molecule has 9 nitrogen and oxygen atoms in total. The van der Waals surface area contributed by atoms with Gasteiger partial charge >= 0.3 is 0 Å². The number of hydrogen-bond acceptors (Lipinski definition) is 6. The van der Waals surface area contributed by atoms with Crippen LogP contribution < -0.4 is 15.6 Å². The van der Waals surface area contributed by atoms with Crippen LogP contribution in [0.3, 0.4) is 0 Å². The largest absolute Gasteiger partial charge is 0.393 e. The number of benzene rings is 2. The first-order valence-corrected chi connectivity index (χ1v) is 13.9. The summed E-state index contributed by atoms with van der Waals surface area (Å²) in [5.41, 5.74) is 4.70. The SMILES string of the molecule is CC(O)CC1C(=O)NN=C1C(=O)N(c1ccc(C(C)(C)C)cc1)C(C(=O)NCCc1cccc(F)c1)c1cccnc1. The maximum absolute atomic E-state index is 14.3. The Morgan fingerprint density at radius 1 is 1.12 bits per heavy atom. The summed E-state index contributed by atoms with van der Waals surface area (Å²) in [4.78, 5) is 46.3. The molecule has 0 aliphatic carbocycles. The highest BCUT2D eigenvalue weighted by Gasteiger charge is 2.42. The zero-order valence-corrected chi connectivity index (χ0v) is 24.2. The van der Waals surface area contributed by atoms with Crippen LogP contribution >= 0.6 is 0 Å². The highest BCUT2D eigenvalue weighted by atomic mass is 19.1. The molecule has 0 bridgehead atoms. The highest BCUT2D eigenvalue weighted by molar-refractivity contribution is 6.48. The summed E-state index contributed by atoms with van der Waals surface area (Å²) in [5, 5.41) is 16.9. The molecule has 0 radical (unpaired) electrons. The zero-order valence-electron chi connectivity index (χ0n) is 24.2. The van der Waals surface area contributed by atoms with Gasteiger partial charge in [-0.2, -0.15) is 5.10 Å². The van der Waals surface area contributed by atoms with Gasteiger partial charge in [-0.1, -0.05) is 51.1 Å². The second-order valence-electron chi connectivity index (χ2n) is 11.4. The Morgan fingerprint density at radius 3 is 2.48 bits per heavy atom. The third-order valence-electron chi connectivity index (χ3n) is 7.07. The van der Waals surface area contributed by atoms with Crippen LogP contribution in [0.25, 0.3) is 0 Å². The van der Waals surface area contributed by atoms with Gasteiger partial charge in [0.15, 0.2) is 0 Å². The van der Waals surface area contributed by atoms with Gasteiger partial charge < -0.3 is 10.4 Å². The number of aromatic nitrogens is 1. The Morgan fingerprint density at radius 2 is 1.86 bits per heavy atom. The van der Waals surface area contributed by atoms with Crippen LogP contribution in [0.15, 0.2) is 78.2 Å². The van der Waals surface area contributed by atoms with Crippen LogP contribution in [0, 0.1) is 11.7 Å². The third kappa shape index (κ3) is 7.25. The fourth-order valence-electron chi connectivity index (χ4n) is 4.86. The number of nitrogens with zero attached hydrogens (tertiary/aromatic N) is 3. The van der Waals surface area contributed by atoms with E-state index >= 15 is 0 Å². The average Bonchev–Trinajstić information content (AvgIpc) is 3.30. The van der Waals surface area contributed by atoms with E-state index in [4.69, 9.17) is 0 Å². The number of aliphatic hydroxyl groups is 1. The van der Waals surface area contributed by atoms with Gasteiger partial charge in [-0.3, -0.25) is 24.3 Å². The first kappa shape index (κ1) is 30.5. The van der Waals surface area contributed by atoms with Crippen LogP contribution in [-0.2, 0) is 26.2 Å². The summed E-state index contributed by atoms with van der Waals surface area (Å²) in [7, 11) is 0. The number of anilines is 1. The lowest BCUT2D eigenvalue weighted by Gasteiger charge is -2.32. The summed E-state index contributed by atoms with van der Waals surface area (Å²) in [6, 6.07) is 15.6. The van der Waals surface area contributed by atoms with Crippen molar-refractivity contribution in [3.05, 3.63) is 95.6 Å². The minimum Gasteiger partial charge on any atom is -0.393 e. The van der Waals surface area contributed by atoms with Crippen molar-refractivity contribution in [3.63, 3.8) is 0 Å². The molecule has 0 saturated carbocycles. The zero-order chi connectivity index (χ0) is 30.4. The van der Waals surface area contributed by atoms with Gasteiger partial charge in [0.05, 0.1) is 12.0 Å². The molecule has 3 unspecified atom stereocenters. The minimum atomic E-state index is -1.18. The van der Waals surface area contributed by atoms with Gasteiger partial charge in [0.1, 0.15) is 17.6 Å². The van der Waals surface area contributed by atoms with Crippen molar-refractivity contribution in [1.29, 1.82) is 0 Å². The maximum Gasteiger partial charge on any atom is 0.276 e. The topological polar surface area (TPSA) is 124 Å². The number of aliphatic hydroxyl groups excluding tert-OH is 1. The van der Waals surface area contributed by atoms with Crippen molar-refractivity contribution in [1.82, 2.24) is 15.7 Å². The van der Waals surface area contributed by atoms with Crippen LogP contribution in [0.2, 0.25) is 0 Å². The van der Waals surface area contributed by atoms with Crippen molar-refractivity contribution < 1.29 is 23.9 Å². The number of carbonyl (C=O) groups excluding carboxylic acids is 3. The molecular formula is C32H36FN5O4. The van der Waals surface area contributed by atoms with Crippen LogP contribution in [-0.4, -0.2) is 46.2 Å². The quantitative estimate of drug-likeness (QED) is 0.340. The molecule has 3 aromatic rings. The number of pyridine rings is 1. The lowest BCUT2D eigenvalue weighted by molar-refractivity contribution is -0.125. The summed E-state index contributed by atoms with van der Waals surface area (Å²) in [6.07, 6.45) is 2.57. The predicted octanol–water partition coefficient (Wildman–Crippen LogP) is 3.82. The van der Waals surface area contributed by atoms with E-state index in [0.29, 0.717) is 23.2 Å². The Labute approximate surface area is 244 Å². The number of nitrogens with one attached hydrogen (secondary N) is 2. The fourth-order valence-corrected chi connectivity index (χ4v) is 4.86. The van der Waals surface area contributed by atoms with E-state index in [0.717, 1.165) is 5.56 Å². The van der Waals surface area contributed by atoms with E-state index < -0.39 is 35.8 Å². The second-order valence-corrected chi connectivity index (χ2v) is 11.4. The molecule has 42 heavy (non-hydrogen) atoms. The van der Waals surface area contributed by atoms with Gasteiger partial charge in [-0.05, 0) is 66.6 Å². The van der Waals surface area contributed by atoms with Crippen LogP contribution in [0.4, 0.5) is 10.1 Å². The number of rotatable bonds is 10. The van der Waals surface area contributed by atoms with E-state index in [2.05, 4.69) is 41.6 Å². The third-order valence-corrected chi connectivity index (χ3v) is 7.07. The molecular weight excluding hydrogens is 537 g/mol. The van der Waals surface area contributed by atoms with E-state index in [1.54, 1.807) is 42.6 Å². The Kier molecular flexibility index (Phi) is 9.47. The number of amides is 3. The van der Waals surface area contributed by atoms with Crippen molar-refractivity contribution in [2.24, 2.45) is 11.0 Å². The lowest BCUT2D eigenvalue weighted by Crippen LogP contribution is -2.48. The van der Waals surface area contributed by atoms with Crippen LogP contribution in [0.5, 0.6) is 0 Å². The molecule has 2 aromatic carbocycles. The van der Waals surface area contributed by atoms with E-state index in [1.165, 1.54) is 30.2 Å². The molecule has 1 aliphatic rings. The van der Waals surface area contributed by atoms with Crippen molar-refractivity contribution >= 4 is 29.1 Å². The molecule has 10 heteroatoms. The molecule has 3 atom stereocenters. The van der Waals surface area contributed by atoms with E-state index in [9.17, 15) is 23.9 Å². The first-order chi connectivity index (χ1) is 20.0. The van der Waals surface area contributed by atoms with Gasteiger partial charge in [0.25, 0.3) is 5.91 Å². The summed E-state index contributed by atoms with van der Waals surface area (Å²) in [6.45, 7) is 7.93. The molecule has 220 valence electrons. The summed E-state index contributed by atoms with van der Waals surface area (Å²) in [5.74, 6) is -3.00. The minimum absolute atomic E-state index is 0.00933. The fraction of sp³-hybridized carbons (Fsp3) is 0.344. The van der Waals surface area contributed by atoms with Crippen molar-refractivity contribution in [3.8, 4) is 0 Å². The molecule has 0 spiro atoms. The molecule has 1 aromatic heterocycles. The molecule has 1 aliphatic heterocycles. The summed E-state index contributed by atoms with van der Waals surface area (Å²) >= 11 is 0. The first-order valence-electron chi connectivity index (χ1n) is 13.9. The number of halogens is 1. The highest BCUT2D eigenvalue weighted by Crippen LogP contribution is 2.32. The molecule has 0 saturated heterocycles. The Hall–Kier alpha value is -4.44. The number of hydrazone groups is 1. The van der Waals surface area contributed by atoms with Gasteiger partial charge in [-0.25, -0.2) is 9.82 Å². The summed E-state index contributed by atoms with van der Waals surface area (Å²) < 4.78 is 13.7. The molecule has 3 amide bonds. The Balaban J connectivity index is 1.74. The number of carbonyl (C=O) groups is 3. The van der Waals surface area contributed by atoms with E-state index in [1.807, 2.05) is 12.1 Å².